The molecule has 1 heterocycles. The predicted octanol–water partition coefficient (Wildman–Crippen LogP) is 2.06. The molecular weight excluding hydrogens is 180 g/mol. The van der Waals surface area contributed by atoms with Crippen LogP contribution in [0.4, 0.5) is 0 Å². The van der Waals surface area contributed by atoms with Gasteiger partial charge in [0.1, 0.15) is 0 Å². The molecule has 1 N–H and O–H groups in total. The van der Waals surface area contributed by atoms with Crippen LogP contribution in [0.25, 0.3) is 0 Å². The van der Waals surface area contributed by atoms with Gasteiger partial charge in [0.15, 0.2) is 0 Å². The molecule has 0 aromatic rings. The minimum Gasteiger partial charge on any atom is -0.481 e. The molecule has 80 valence electrons. The molecule has 2 rings (SSSR count). The highest BCUT2D eigenvalue weighted by molar-refractivity contribution is 5.74. The van der Waals surface area contributed by atoms with Gasteiger partial charge in [-0.25, -0.2) is 0 Å². The van der Waals surface area contributed by atoms with Crippen molar-refractivity contribution in [2.24, 2.45) is 11.3 Å². The number of hydrogen-bond acceptors (Lipinski definition) is 2. The Morgan fingerprint density at radius 3 is 2.43 bits per heavy atom. The van der Waals surface area contributed by atoms with Gasteiger partial charge in [0.2, 0.25) is 0 Å². The molecule has 0 aromatic heterocycles. The first kappa shape index (κ1) is 9.97. The van der Waals surface area contributed by atoms with Crippen LogP contribution in [-0.4, -0.2) is 24.3 Å². The molecule has 0 atom stereocenters. The molecule has 0 unspecified atom stereocenters. The minimum absolute atomic E-state index is 0.455. The average Bonchev–Trinajstić information content (AvgIpc) is 2.13. The summed E-state index contributed by atoms with van der Waals surface area (Å²) in [5.74, 6) is 0.0666. The fraction of sp³-hybridized carbons (Fsp3) is 0.909. The SMILES string of the molecule is O=C(O)C1(CC2CCC2)CCOCC1. The van der Waals surface area contributed by atoms with Gasteiger partial charge in [-0.05, 0) is 25.2 Å². The van der Waals surface area contributed by atoms with E-state index < -0.39 is 11.4 Å². The van der Waals surface area contributed by atoms with Crippen molar-refractivity contribution in [3.8, 4) is 0 Å². The van der Waals surface area contributed by atoms with E-state index in [9.17, 15) is 9.90 Å². The highest BCUT2D eigenvalue weighted by atomic mass is 16.5. The van der Waals surface area contributed by atoms with Crippen molar-refractivity contribution in [1.82, 2.24) is 0 Å². The molecule has 3 nitrogen and oxygen atoms in total. The Hall–Kier alpha value is -0.570. The van der Waals surface area contributed by atoms with Gasteiger partial charge in [-0.3, -0.25) is 4.79 Å². The Balaban J connectivity index is 2.00. The van der Waals surface area contributed by atoms with E-state index in [4.69, 9.17) is 4.74 Å². The zero-order valence-electron chi connectivity index (χ0n) is 8.50. The first-order chi connectivity index (χ1) is 6.73. The lowest BCUT2D eigenvalue weighted by Crippen LogP contribution is -2.39. The van der Waals surface area contributed by atoms with Gasteiger partial charge in [0.25, 0.3) is 0 Å². The van der Waals surface area contributed by atoms with E-state index in [0.29, 0.717) is 32.0 Å². The van der Waals surface area contributed by atoms with E-state index in [1.54, 1.807) is 0 Å². The van der Waals surface area contributed by atoms with Gasteiger partial charge in [0, 0.05) is 13.2 Å². The highest BCUT2D eigenvalue weighted by Gasteiger charge is 2.42. The number of carboxylic acid groups (broad SMARTS) is 1. The summed E-state index contributed by atoms with van der Waals surface area (Å²) in [6, 6.07) is 0. The smallest absolute Gasteiger partial charge is 0.309 e. The van der Waals surface area contributed by atoms with Gasteiger partial charge in [-0.1, -0.05) is 19.3 Å². The van der Waals surface area contributed by atoms with Crippen molar-refractivity contribution in [3.63, 3.8) is 0 Å². The van der Waals surface area contributed by atoms with Crippen LogP contribution in [0.2, 0.25) is 0 Å². The van der Waals surface area contributed by atoms with Crippen LogP contribution in [0.5, 0.6) is 0 Å². The third-order valence-corrected chi connectivity index (χ3v) is 3.81. The summed E-state index contributed by atoms with van der Waals surface area (Å²) in [5, 5.41) is 9.30. The zero-order chi connectivity index (χ0) is 10.0. The number of aliphatic carboxylic acids is 1. The molecule has 0 aromatic carbocycles. The second-order valence-corrected chi connectivity index (χ2v) is 4.70. The van der Waals surface area contributed by atoms with Crippen LogP contribution < -0.4 is 0 Å². The van der Waals surface area contributed by atoms with Gasteiger partial charge >= 0.3 is 5.97 Å². The second-order valence-electron chi connectivity index (χ2n) is 4.70. The Morgan fingerprint density at radius 1 is 1.36 bits per heavy atom. The van der Waals surface area contributed by atoms with Crippen molar-refractivity contribution in [2.75, 3.05) is 13.2 Å². The molecule has 1 aliphatic heterocycles. The van der Waals surface area contributed by atoms with Crippen molar-refractivity contribution in [2.45, 2.75) is 38.5 Å². The monoisotopic (exact) mass is 198 g/mol. The van der Waals surface area contributed by atoms with Crippen LogP contribution in [-0.2, 0) is 9.53 Å². The third-order valence-electron chi connectivity index (χ3n) is 3.81. The molecule has 2 fully saturated rings. The first-order valence-electron chi connectivity index (χ1n) is 5.54. The summed E-state index contributed by atoms with van der Waals surface area (Å²) >= 11 is 0. The number of hydrogen-bond donors (Lipinski definition) is 1. The number of carboxylic acids is 1. The maximum absolute atomic E-state index is 11.3. The summed E-state index contributed by atoms with van der Waals surface area (Å²) in [7, 11) is 0. The van der Waals surface area contributed by atoms with Crippen LogP contribution in [0.15, 0.2) is 0 Å². The molecule has 0 radical (unpaired) electrons. The number of rotatable bonds is 3. The van der Waals surface area contributed by atoms with Crippen LogP contribution in [0.1, 0.15) is 38.5 Å². The van der Waals surface area contributed by atoms with E-state index in [1.165, 1.54) is 19.3 Å². The zero-order valence-corrected chi connectivity index (χ0v) is 8.50. The van der Waals surface area contributed by atoms with E-state index in [0.717, 1.165) is 6.42 Å². The molecule has 3 heteroatoms. The predicted molar refractivity (Wildman–Crippen MR) is 52.1 cm³/mol. The lowest BCUT2D eigenvalue weighted by molar-refractivity contribution is -0.157. The molecule has 1 saturated carbocycles. The Labute approximate surface area is 84.4 Å². The van der Waals surface area contributed by atoms with E-state index >= 15 is 0 Å². The maximum Gasteiger partial charge on any atom is 0.309 e. The molecule has 0 spiro atoms. The molecule has 14 heavy (non-hydrogen) atoms. The maximum atomic E-state index is 11.3. The topological polar surface area (TPSA) is 46.5 Å². The lowest BCUT2D eigenvalue weighted by Gasteiger charge is -2.38. The van der Waals surface area contributed by atoms with Crippen molar-refractivity contribution in [1.29, 1.82) is 0 Å². The fourth-order valence-corrected chi connectivity index (χ4v) is 2.52. The van der Waals surface area contributed by atoms with E-state index in [1.807, 2.05) is 0 Å². The van der Waals surface area contributed by atoms with E-state index in [2.05, 4.69) is 0 Å². The lowest BCUT2D eigenvalue weighted by atomic mass is 9.68. The normalized spacial score (nSPS) is 26.9. The van der Waals surface area contributed by atoms with Gasteiger partial charge in [-0.15, -0.1) is 0 Å². The minimum atomic E-state index is -0.604. The largest absolute Gasteiger partial charge is 0.481 e. The van der Waals surface area contributed by atoms with Crippen molar-refractivity contribution >= 4 is 5.97 Å². The summed E-state index contributed by atoms with van der Waals surface area (Å²) in [5.41, 5.74) is -0.455. The van der Waals surface area contributed by atoms with E-state index in [-0.39, 0.29) is 0 Å². The number of carbonyl (C=O) groups is 1. The Kier molecular flexibility index (Phi) is 2.77. The highest BCUT2D eigenvalue weighted by Crippen LogP contribution is 2.43. The van der Waals surface area contributed by atoms with Gasteiger partial charge < -0.3 is 9.84 Å². The molecule has 0 bridgehead atoms. The van der Waals surface area contributed by atoms with Crippen molar-refractivity contribution < 1.29 is 14.6 Å². The van der Waals surface area contributed by atoms with Gasteiger partial charge in [-0.2, -0.15) is 0 Å². The fourth-order valence-electron chi connectivity index (χ4n) is 2.52. The first-order valence-corrected chi connectivity index (χ1v) is 5.54. The summed E-state index contributed by atoms with van der Waals surface area (Å²) in [6.07, 6.45) is 6.05. The van der Waals surface area contributed by atoms with Gasteiger partial charge in [0.05, 0.1) is 5.41 Å². The second kappa shape index (κ2) is 3.89. The van der Waals surface area contributed by atoms with Crippen LogP contribution >= 0.6 is 0 Å². The molecular formula is C11H18O3. The average molecular weight is 198 g/mol. The summed E-state index contributed by atoms with van der Waals surface area (Å²) < 4.78 is 5.24. The summed E-state index contributed by atoms with van der Waals surface area (Å²) in [4.78, 5) is 11.3. The van der Waals surface area contributed by atoms with Crippen LogP contribution in [0, 0.1) is 11.3 Å². The van der Waals surface area contributed by atoms with Crippen LogP contribution in [0.3, 0.4) is 0 Å². The van der Waals surface area contributed by atoms with Crippen molar-refractivity contribution in [3.05, 3.63) is 0 Å². The standard InChI is InChI=1S/C11H18O3/c12-10(13)11(4-6-14-7-5-11)8-9-2-1-3-9/h9H,1-8H2,(H,12,13). The molecule has 1 saturated heterocycles. The number of ether oxygens (including phenoxy) is 1. The Morgan fingerprint density at radius 2 is 2.00 bits per heavy atom. The Bertz CT molecular complexity index is 215. The molecule has 1 aliphatic carbocycles. The summed E-state index contributed by atoms with van der Waals surface area (Å²) in [6.45, 7) is 1.25. The quantitative estimate of drug-likeness (QED) is 0.755. The molecule has 2 aliphatic rings. The third kappa shape index (κ3) is 1.78. The molecule has 0 amide bonds.